The molecule has 168 valence electrons. The molecular weight excluding hydrogens is 478 g/mol. The Morgan fingerprint density at radius 2 is 2.21 bits per heavy atom. The van der Waals surface area contributed by atoms with E-state index in [1.807, 2.05) is 47.7 Å². The summed E-state index contributed by atoms with van der Waals surface area (Å²) in [7, 11) is 0. The Balaban J connectivity index is 1.23. The third-order valence-corrected chi connectivity index (χ3v) is 8.46. The van der Waals surface area contributed by atoms with Crippen molar-refractivity contribution in [3.05, 3.63) is 63.5 Å². The van der Waals surface area contributed by atoms with Crippen LogP contribution in [0, 0.1) is 18.8 Å². The third-order valence-electron chi connectivity index (χ3n) is 6.44. The maximum atomic E-state index is 13.6. The molecule has 10 heteroatoms. The molecule has 0 unspecified atom stereocenters. The van der Waals surface area contributed by atoms with Crippen molar-refractivity contribution in [3.8, 4) is 10.4 Å². The number of hydrogen-bond donors (Lipinski definition) is 1. The van der Waals surface area contributed by atoms with Gasteiger partial charge in [0, 0.05) is 29.7 Å². The van der Waals surface area contributed by atoms with Gasteiger partial charge >= 0.3 is 0 Å². The summed E-state index contributed by atoms with van der Waals surface area (Å²) in [5, 5.41) is 6.40. The Labute approximate surface area is 203 Å². The number of aromatic nitrogens is 3. The van der Waals surface area contributed by atoms with Crippen molar-refractivity contribution < 1.29 is 9.59 Å². The van der Waals surface area contributed by atoms with Crippen LogP contribution >= 0.6 is 34.3 Å². The Kier molecular flexibility index (Phi) is 5.01. The van der Waals surface area contributed by atoms with Gasteiger partial charge in [0.25, 0.3) is 11.8 Å². The van der Waals surface area contributed by atoms with E-state index < -0.39 is 0 Å². The zero-order chi connectivity index (χ0) is 22.7. The van der Waals surface area contributed by atoms with E-state index in [0.717, 1.165) is 26.8 Å². The van der Waals surface area contributed by atoms with Crippen LogP contribution in [0.25, 0.3) is 15.4 Å². The molecule has 1 aromatic carbocycles. The fourth-order valence-electron chi connectivity index (χ4n) is 4.78. The summed E-state index contributed by atoms with van der Waals surface area (Å²) < 4.78 is 1.78. The molecule has 0 radical (unpaired) electrons. The van der Waals surface area contributed by atoms with E-state index in [0.29, 0.717) is 41.3 Å². The zero-order valence-electron chi connectivity index (χ0n) is 17.7. The number of halogens is 1. The molecule has 2 fully saturated rings. The largest absolute Gasteiger partial charge is 0.349 e. The summed E-state index contributed by atoms with van der Waals surface area (Å²) in [6.45, 7) is 3.03. The first-order chi connectivity index (χ1) is 16.0. The van der Waals surface area contributed by atoms with E-state index in [1.54, 1.807) is 10.6 Å². The van der Waals surface area contributed by atoms with Crippen molar-refractivity contribution in [2.24, 2.45) is 11.8 Å². The minimum Gasteiger partial charge on any atom is -0.349 e. The van der Waals surface area contributed by atoms with E-state index in [9.17, 15) is 9.59 Å². The van der Waals surface area contributed by atoms with Crippen LogP contribution in [-0.2, 0) is 0 Å². The van der Waals surface area contributed by atoms with Gasteiger partial charge in [-0.25, -0.2) is 9.97 Å². The zero-order valence-corrected chi connectivity index (χ0v) is 20.1. The standard InChI is InChI=1S/C23H20ClN5O2S2/c1-12-27-19(20(33-12)13-3-2-4-15(24)7-13)22(31)29-11-14-8-16(14)17(29)9-25-21(30)18-10-26-23-28(18)5-6-32-23/h2-7,10,14,16-17H,8-9,11H2,1H3,(H,25,30)/t14-,16-,17-/m1/s1. The van der Waals surface area contributed by atoms with Crippen molar-refractivity contribution in [1.29, 1.82) is 0 Å². The van der Waals surface area contributed by atoms with Crippen molar-refractivity contribution in [2.75, 3.05) is 13.1 Å². The lowest BCUT2D eigenvalue weighted by molar-refractivity contribution is 0.0690. The molecule has 3 atom stereocenters. The average Bonchev–Trinajstić information content (AvgIpc) is 3.19. The van der Waals surface area contributed by atoms with Crippen LogP contribution in [0.1, 0.15) is 32.4 Å². The van der Waals surface area contributed by atoms with Crippen LogP contribution in [0.15, 0.2) is 42.0 Å². The van der Waals surface area contributed by atoms with Gasteiger partial charge in [-0.3, -0.25) is 14.0 Å². The van der Waals surface area contributed by atoms with Gasteiger partial charge in [0.05, 0.1) is 22.1 Å². The average molecular weight is 498 g/mol. The van der Waals surface area contributed by atoms with Gasteiger partial charge in [-0.15, -0.1) is 22.7 Å². The van der Waals surface area contributed by atoms with Gasteiger partial charge in [-0.1, -0.05) is 23.7 Å². The highest BCUT2D eigenvalue weighted by Gasteiger charge is 2.54. The van der Waals surface area contributed by atoms with Gasteiger partial charge < -0.3 is 10.2 Å². The van der Waals surface area contributed by atoms with Gasteiger partial charge in [0.1, 0.15) is 11.4 Å². The molecule has 33 heavy (non-hydrogen) atoms. The number of thiazole rings is 2. The number of carbonyl (C=O) groups is 2. The fourth-order valence-corrected chi connectivity index (χ4v) is 6.57. The van der Waals surface area contributed by atoms with Crippen LogP contribution in [-0.4, -0.2) is 50.2 Å². The summed E-state index contributed by atoms with van der Waals surface area (Å²) in [5.74, 6) is 0.672. The fraction of sp³-hybridized carbons (Fsp3) is 0.304. The first-order valence-electron chi connectivity index (χ1n) is 10.7. The topological polar surface area (TPSA) is 79.6 Å². The van der Waals surface area contributed by atoms with Gasteiger partial charge in [-0.05, 0) is 42.9 Å². The molecule has 3 aromatic heterocycles. The van der Waals surface area contributed by atoms with Crippen LogP contribution in [0.3, 0.4) is 0 Å². The van der Waals surface area contributed by atoms with Crippen molar-refractivity contribution in [3.63, 3.8) is 0 Å². The smallest absolute Gasteiger partial charge is 0.274 e. The maximum absolute atomic E-state index is 13.6. The lowest BCUT2D eigenvalue weighted by atomic mass is 10.1. The second-order valence-corrected chi connectivity index (χ2v) is 11.0. The molecule has 4 heterocycles. The third kappa shape index (κ3) is 3.64. The van der Waals surface area contributed by atoms with Crippen LogP contribution < -0.4 is 5.32 Å². The van der Waals surface area contributed by atoms with Crippen LogP contribution in [0.4, 0.5) is 0 Å². The molecule has 1 N–H and O–H groups in total. The highest BCUT2D eigenvalue weighted by Crippen LogP contribution is 2.50. The Bertz CT molecular complexity index is 1390. The summed E-state index contributed by atoms with van der Waals surface area (Å²) in [5.41, 5.74) is 1.87. The summed E-state index contributed by atoms with van der Waals surface area (Å²) in [4.78, 5) is 38.8. The van der Waals surface area contributed by atoms with E-state index in [4.69, 9.17) is 11.6 Å². The number of aryl methyl sites for hydroxylation is 1. The highest BCUT2D eigenvalue weighted by atomic mass is 35.5. The molecule has 1 saturated carbocycles. The minimum absolute atomic E-state index is 0.0356. The lowest BCUT2D eigenvalue weighted by Gasteiger charge is -2.27. The quantitative estimate of drug-likeness (QED) is 0.444. The minimum atomic E-state index is -0.179. The molecule has 1 aliphatic carbocycles. The van der Waals surface area contributed by atoms with Gasteiger partial charge in [0.15, 0.2) is 4.96 Å². The predicted molar refractivity (Wildman–Crippen MR) is 129 cm³/mol. The number of fused-ring (bicyclic) bond motifs is 2. The molecule has 1 aliphatic heterocycles. The second kappa shape index (κ2) is 7.93. The van der Waals surface area contributed by atoms with Gasteiger partial charge in [-0.2, -0.15) is 0 Å². The van der Waals surface area contributed by atoms with E-state index in [2.05, 4.69) is 15.3 Å². The van der Waals surface area contributed by atoms with E-state index in [1.165, 1.54) is 22.7 Å². The van der Waals surface area contributed by atoms with Crippen molar-refractivity contribution in [1.82, 2.24) is 24.6 Å². The van der Waals surface area contributed by atoms with E-state index >= 15 is 0 Å². The monoisotopic (exact) mass is 497 g/mol. The Morgan fingerprint density at radius 1 is 1.33 bits per heavy atom. The number of imidazole rings is 1. The Hall–Kier alpha value is -2.75. The van der Waals surface area contributed by atoms with Crippen molar-refractivity contribution >= 4 is 51.0 Å². The van der Waals surface area contributed by atoms with Crippen LogP contribution in [0.2, 0.25) is 5.02 Å². The first-order valence-corrected chi connectivity index (χ1v) is 12.8. The number of likely N-dealkylation sites (tertiary alicyclic amines) is 1. The number of benzene rings is 1. The SMILES string of the molecule is Cc1nc(C(=O)N2C[C@H]3C[C@H]3[C@H]2CNC(=O)c2cnc3sccn23)c(-c2cccc(Cl)c2)s1. The summed E-state index contributed by atoms with van der Waals surface area (Å²) in [6, 6.07) is 7.47. The number of hydrogen-bond acceptors (Lipinski definition) is 6. The highest BCUT2D eigenvalue weighted by molar-refractivity contribution is 7.15. The normalized spacial score (nSPS) is 21.4. The maximum Gasteiger partial charge on any atom is 0.274 e. The summed E-state index contributed by atoms with van der Waals surface area (Å²) >= 11 is 9.18. The molecule has 2 amide bonds. The molecule has 0 bridgehead atoms. The number of piperidine rings is 1. The first kappa shape index (κ1) is 20.8. The van der Waals surface area contributed by atoms with Crippen LogP contribution in [0.5, 0.6) is 0 Å². The van der Waals surface area contributed by atoms with E-state index in [-0.39, 0.29) is 17.9 Å². The van der Waals surface area contributed by atoms with Crippen molar-refractivity contribution in [2.45, 2.75) is 19.4 Å². The number of nitrogens with zero attached hydrogens (tertiary/aromatic N) is 4. The lowest BCUT2D eigenvalue weighted by Crippen LogP contribution is -2.46. The molecule has 0 spiro atoms. The molecule has 1 saturated heterocycles. The number of carbonyl (C=O) groups excluding carboxylic acids is 2. The second-order valence-electron chi connectivity index (χ2n) is 8.51. The molecule has 6 rings (SSSR count). The molecular formula is C23H20ClN5O2S2. The number of nitrogens with one attached hydrogen (secondary N) is 1. The predicted octanol–water partition coefficient (Wildman–Crippen LogP) is 4.37. The number of amides is 2. The summed E-state index contributed by atoms with van der Waals surface area (Å²) in [6.07, 6.45) is 4.53. The molecule has 4 aromatic rings. The van der Waals surface area contributed by atoms with Gasteiger partial charge in [0.2, 0.25) is 0 Å². The molecule has 7 nitrogen and oxygen atoms in total. The Morgan fingerprint density at radius 3 is 3.06 bits per heavy atom. The number of rotatable bonds is 5. The molecule has 2 aliphatic rings.